The number of piperazine rings is 1. The van der Waals surface area contributed by atoms with Gasteiger partial charge < -0.3 is 4.90 Å². The van der Waals surface area contributed by atoms with E-state index >= 15 is 0 Å². The molecule has 1 fully saturated rings. The lowest BCUT2D eigenvalue weighted by atomic mass is 10.0. The van der Waals surface area contributed by atoms with Gasteiger partial charge in [0.1, 0.15) is 5.82 Å². The average Bonchev–Trinajstić information content (AvgIpc) is 2.36. The van der Waals surface area contributed by atoms with E-state index in [1.807, 2.05) is 19.0 Å². The van der Waals surface area contributed by atoms with Gasteiger partial charge in [-0.25, -0.2) is 4.39 Å². The zero-order valence-corrected chi connectivity index (χ0v) is 12.0. The summed E-state index contributed by atoms with van der Waals surface area (Å²) in [6.07, 6.45) is 0.0925. The molecule has 0 radical (unpaired) electrons. The second kappa shape index (κ2) is 5.99. The highest BCUT2D eigenvalue weighted by Crippen LogP contribution is 2.17. The van der Waals surface area contributed by atoms with Crippen molar-refractivity contribution in [1.82, 2.24) is 9.80 Å². The molecule has 1 atom stereocenters. The predicted molar refractivity (Wildman–Crippen MR) is 74.0 cm³/mol. The lowest BCUT2D eigenvalue weighted by Gasteiger charge is -2.36. The van der Waals surface area contributed by atoms with Crippen LogP contribution in [-0.2, 0) is 11.2 Å². The quantitative estimate of drug-likeness (QED) is 0.846. The van der Waals surface area contributed by atoms with Gasteiger partial charge in [-0.15, -0.1) is 0 Å². The van der Waals surface area contributed by atoms with Crippen molar-refractivity contribution in [1.29, 1.82) is 0 Å². The molecular weight excluding hydrogens is 267 g/mol. The molecule has 2 rings (SSSR count). The maximum absolute atomic E-state index is 13.6. The van der Waals surface area contributed by atoms with E-state index < -0.39 is 0 Å². The highest BCUT2D eigenvalue weighted by atomic mass is 35.5. The summed E-state index contributed by atoms with van der Waals surface area (Å²) in [6, 6.07) is 4.16. The van der Waals surface area contributed by atoms with Crippen LogP contribution in [0.4, 0.5) is 4.39 Å². The van der Waals surface area contributed by atoms with Crippen molar-refractivity contribution in [3.8, 4) is 0 Å². The lowest BCUT2D eigenvalue weighted by molar-refractivity contribution is -0.125. The standard InChI is InChI=1S/C14H18ClFN2O/c1-17-5-6-18(2)13(9-17)14(19)8-10-7-11(15)3-4-12(10)16/h3-4,7,13H,5-6,8-9H2,1-2H3. The van der Waals surface area contributed by atoms with Crippen LogP contribution < -0.4 is 0 Å². The number of carbonyl (C=O) groups excluding carboxylic acids is 1. The molecule has 1 aliphatic heterocycles. The van der Waals surface area contributed by atoms with Crippen LogP contribution in [0.15, 0.2) is 18.2 Å². The van der Waals surface area contributed by atoms with E-state index in [0.717, 1.165) is 13.1 Å². The molecule has 1 aliphatic rings. The fourth-order valence-corrected chi connectivity index (χ4v) is 2.54. The molecule has 0 N–H and O–H groups in total. The Bertz CT molecular complexity index is 481. The summed E-state index contributed by atoms with van der Waals surface area (Å²) in [5.74, 6) is -0.334. The fourth-order valence-electron chi connectivity index (χ4n) is 2.34. The highest BCUT2D eigenvalue weighted by molar-refractivity contribution is 6.30. The zero-order valence-electron chi connectivity index (χ0n) is 11.2. The van der Waals surface area contributed by atoms with Gasteiger partial charge in [-0.2, -0.15) is 0 Å². The first-order valence-electron chi connectivity index (χ1n) is 6.33. The fraction of sp³-hybridized carbons (Fsp3) is 0.500. The molecule has 3 nitrogen and oxygen atoms in total. The minimum atomic E-state index is -0.371. The van der Waals surface area contributed by atoms with Gasteiger partial charge in [-0.1, -0.05) is 11.6 Å². The largest absolute Gasteiger partial charge is 0.303 e. The minimum Gasteiger partial charge on any atom is -0.303 e. The van der Waals surface area contributed by atoms with E-state index in [4.69, 9.17) is 11.6 Å². The molecule has 1 aromatic carbocycles. The number of hydrogen-bond donors (Lipinski definition) is 0. The summed E-state index contributed by atoms with van der Waals surface area (Å²) in [5, 5.41) is 0.457. The molecule has 1 aromatic rings. The van der Waals surface area contributed by atoms with Crippen molar-refractivity contribution in [2.75, 3.05) is 33.7 Å². The molecule has 0 amide bonds. The van der Waals surface area contributed by atoms with Gasteiger partial charge in [-0.05, 0) is 37.9 Å². The molecule has 1 saturated heterocycles. The van der Waals surface area contributed by atoms with Gasteiger partial charge in [0.2, 0.25) is 0 Å². The van der Waals surface area contributed by atoms with Crippen molar-refractivity contribution < 1.29 is 9.18 Å². The molecule has 0 aromatic heterocycles. The molecule has 19 heavy (non-hydrogen) atoms. The maximum Gasteiger partial charge on any atom is 0.155 e. The van der Waals surface area contributed by atoms with Crippen LogP contribution in [-0.4, -0.2) is 55.4 Å². The average molecular weight is 285 g/mol. The Morgan fingerprint density at radius 3 is 2.89 bits per heavy atom. The number of hydrogen-bond acceptors (Lipinski definition) is 3. The zero-order chi connectivity index (χ0) is 14.0. The third-order valence-electron chi connectivity index (χ3n) is 3.60. The first-order valence-corrected chi connectivity index (χ1v) is 6.70. The second-order valence-corrected chi connectivity index (χ2v) is 5.57. The van der Waals surface area contributed by atoms with Gasteiger partial charge in [0.15, 0.2) is 5.78 Å². The molecule has 1 unspecified atom stereocenters. The van der Waals surface area contributed by atoms with Crippen molar-refractivity contribution in [3.63, 3.8) is 0 Å². The van der Waals surface area contributed by atoms with Crippen molar-refractivity contribution in [2.24, 2.45) is 0 Å². The van der Waals surface area contributed by atoms with Crippen molar-refractivity contribution in [2.45, 2.75) is 12.5 Å². The monoisotopic (exact) mass is 284 g/mol. The summed E-state index contributed by atoms with van der Waals surface area (Å²) in [4.78, 5) is 16.5. The third-order valence-corrected chi connectivity index (χ3v) is 3.83. The van der Waals surface area contributed by atoms with Crippen LogP contribution in [0.1, 0.15) is 5.56 Å². The molecule has 0 spiro atoms. The number of Topliss-reactive ketones (excluding diaryl/α,β-unsaturated/α-hetero) is 1. The minimum absolute atomic E-state index is 0.0372. The van der Waals surface area contributed by atoms with Crippen LogP contribution in [0.2, 0.25) is 5.02 Å². The van der Waals surface area contributed by atoms with E-state index in [2.05, 4.69) is 4.90 Å². The van der Waals surface area contributed by atoms with Crippen LogP contribution in [0.5, 0.6) is 0 Å². The normalized spacial score (nSPS) is 21.6. The number of benzene rings is 1. The molecule has 5 heteroatoms. The SMILES string of the molecule is CN1CCN(C)C(C(=O)Cc2cc(Cl)ccc2F)C1. The summed E-state index contributed by atoms with van der Waals surface area (Å²) < 4.78 is 13.6. The summed E-state index contributed by atoms with van der Waals surface area (Å²) >= 11 is 5.84. The number of likely N-dealkylation sites (N-methyl/N-ethyl adjacent to an activating group) is 2. The number of carbonyl (C=O) groups is 1. The van der Waals surface area contributed by atoms with Gasteiger partial charge in [0.25, 0.3) is 0 Å². The number of halogens is 2. The Morgan fingerprint density at radius 1 is 1.42 bits per heavy atom. The molecule has 0 bridgehead atoms. The number of rotatable bonds is 3. The smallest absolute Gasteiger partial charge is 0.155 e. The molecular formula is C14H18ClFN2O. The van der Waals surface area contributed by atoms with Crippen LogP contribution in [0.3, 0.4) is 0 Å². The van der Waals surface area contributed by atoms with Crippen molar-refractivity contribution >= 4 is 17.4 Å². The number of nitrogens with zero attached hydrogens (tertiary/aromatic N) is 2. The topological polar surface area (TPSA) is 23.6 Å². The lowest BCUT2D eigenvalue weighted by Crippen LogP contribution is -2.53. The first kappa shape index (κ1) is 14.4. The summed E-state index contributed by atoms with van der Waals surface area (Å²) in [5.41, 5.74) is 0.374. The Kier molecular flexibility index (Phi) is 4.55. The van der Waals surface area contributed by atoms with Gasteiger partial charge in [-0.3, -0.25) is 9.69 Å². The molecule has 1 heterocycles. The Hall–Kier alpha value is -0.970. The van der Waals surface area contributed by atoms with Crippen molar-refractivity contribution in [3.05, 3.63) is 34.6 Å². The van der Waals surface area contributed by atoms with Gasteiger partial charge in [0.05, 0.1) is 6.04 Å². The predicted octanol–water partition coefficient (Wildman–Crippen LogP) is 1.84. The highest BCUT2D eigenvalue weighted by Gasteiger charge is 2.28. The Morgan fingerprint density at radius 2 is 2.16 bits per heavy atom. The maximum atomic E-state index is 13.6. The van der Waals surface area contributed by atoms with Gasteiger partial charge >= 0.3 is 0 Å². The Balaban J connectivity index is 2.09. The van der Waals surface area contributed by atoms with Crippen LogP contribution in [0.25, 0.3) is 0 Å². The van der Waals surface area contributed by atoms with E-state index in [-0.39, 0.29) is 24.1 Å². The third kappa shape index (κ3) is 3.53. The summed E-state index contributed by atoms with van der Waals surface area (Å²) in [7, 11) is 3.93. The molecule has 0 saturated carbocycles. The first-order chi connectivity index (χ1) is 8.97. The Labute approximate surface area is 117 Å². The number of ketones is 1. The van der Waals surface area contributed by atoms with E-state index in [1.165, 1.54) is 18.2 Å². The second-order valence-electron chi connectivity index (χ2n) is 5.14. The van der Waals surface area contributed by atoms with E-state index in [9.17, 15) is 9.18 Å². The van der Waals surface area contributed by atoms with E-state index in [1.54, 1.807) is 0 Å². The molecule has 104 valence electrons. The van der Waals surface area contributed by atoms with E-state index in [0.29, 0.717) is 17.1 Å². The van der Waals surface area contributed by atoms with Gasteiger partial charge in [0, 0.05) is 31.1 Å². The summed E-state index contributed by atoms with van der Waals surface area (Å²) in [6.45, 7) is 2.49. The van der Waals surface area contributed by atoms with Crippen LogP contribution in [0, 0.1) is 5.82 Å². The van der Waals surface area contributed by atoms with Crippen LogP contribution >= 0.6 is 11.6 Å². The molecule has 0 aliphatic carbocycles.